The topological polar surface area (TPSA) is 20.3 Å². The number of thiol groups is 1. The van der Waals surface area contributed by atoms with Gasteiger partial charge in [-0.2, -0.15) is 12.6 Å². The standard InChI is InChI=1S/C17H25NOS/c1-5-17(6-2,12-20)11-18-14-10-8-7-9-13(14)16(3,4)15(18)19/h7-10,20H,5-6,11-12H2,1-4H3. The van der Waals surface area contributed by atoms with Crippen LogP contribution in [0.3, 0.4) is 0 Å². The minimum Gasteiger partial charge on any atom is -0.311 e. The molecular formula is C17H25NOS. The fraction of sp³-hybridized carbons (Fsp3) is 0.588. The monoisotopic (exact) mass is 291 g/mol. The molecule has 110 valence electrons. The predicted octanol–water partition coefficient (Wildman–Crippen LogP) is 4.05. The lowest BCUT2D eigenvalue weighted by Gasteiger charge is -2.35. The van der Waals surface area contributed by atoms with E-state index in [1.807, 2.05) is 30.9 Å². The molecule has 0 N–H and O–H groups in total. The number of nitrogens with zero attached hydrogens (tertiary/aromatic N) is 1. The van der Waals surface area contributed by atoms with Gasteiger partial charge in [-0.15, -0.1) is 0 Å². The van der Waals surface area contributed by atoms with Crippen LogP contribution < -0.4 is 4.90 Å². The summed E-state index contributed by atoms with van der Waals surface area (Å²) in [5.41, 5.74) is 1.91. The van der Waals surface area contributed by atoms with Crippen molar-refractivity contribution >= 4 is 24.2 Å². The van der Waals surface area contributed by atoms with E-state index in [1.54, 1.807) is 0 Å². The quantitative estimate of drug-likeness (QED) is 0.812. The molecule has 0 aliphatic carbocycles. The van der Waals surface area contributed by atoms with Crippen molar-refractivity contribution in [1.29, 1.82) is 0 Å². The van der Waals surface area contributed by atoms with Crippen molar-refractivity contribution in [2.24, 2.45) is 5.41 Å². The molecule has 1 heterocycles. The van der Waals surface area contributed by atoms with Gasteiger partial charge in [0.05, 0.1) is 5.41 Å². The Kier molecular flexibility index (Phi) is 4.19. The van der Waals surface area contributed by atoms with Crippen molar-refractivity contribution in [3.63, 3.8) is 0 Å². The molecule has 0 saturated carbocycles. The Balaban J connectivity index is 2.41. The van der Waals surface area contributed by atoms with E-state index in [2.05, 4.69) is 38.6 Å². The van der Waals surface area contributed by atoms with E-state index in [1.165, 1.54) is 0 Å². The van der Waals surface area contributed by atoms with Gasteiger partial charge in [0.2, 0.25) is 5.91 Å². The molecule has 20 heavy (non-hydrogen) atoms. The van der Waals surface area contributed by atoms with Crippen LogP contribution in [0, 0.1) is 5.41 Å². The van der Waals surface area contributed by atoms with Crippen molar-refractivity contribution in [2.45, 2.75) is 46.0 Å². The van der Waals surface area contributed by atoms with Crippen LogP contribution in [0.2, 0.25) is 0 Å². The molecule has 1 aromatic carbocycles. The molecule has 0 spiro atoms. The summed E-state index contributed by atoms with van der Waals surface area (Å²) < 4.78 is 0. The van der Waals surface area contributed by atoms with Crippen LogP contribution in [0.4, 0.5) is 5.69 Å². The van der Waals surface area contributed by atoms with Crippen LogP contribution in [-0.4, -0.2) is 18.2 Å². The third kappa shape index (κ3) is 2.26. The highest BCUT2D eigenvalue weighted by Crippen LogP contribution is 2.43. The predicted molar refractivity (Wildman–Crippen MR) is 88.7 cm³/mol. The summed E-state index contributed by atoms with van der Waals surface area (Å²) in [4.78, 5) is 14.8. The van der Waals surface area contributed by atoms with Crippen LogP contribution in [-0.2, 0) is 10.2 Å². The molecule has 0 unspecified atom stereocenters. The number of rotatable bonds is 5. The van der Waals surface area contributed by atoms with E-state index in [4.69, 9.17) is 0 Å². The van der Waals surface area contributed by atoms with Crippen LogP contribution >= 0.6 is 12.6 Å². The van der Waals surface area contributed by atoms with Crippen molar-refractivity contribution in [3.05, 3.63) is 29.8 Å². The molecule has 3 heteroatoms. The molecule has 1 aromatic rings. The van der Waals surface area contributed by atoms with Gasteiger partial charge in [-0.1, -0.05) is 32.0 Å². The van der Waals surface area contributed by atoms with E-state index >= 15 is 0 Å². The molecule has 1 aliphatic rings. The first-order valence-corrected chi connectivity index (χ1v) is 8.07. The maximum Gasteiger partial charge on any atom is 0.237 e. The van der Waals surface area contributed by atoms with Crippen molar-refractivity contribution in [3.8, 4) is 0 Å². The van der Waals surface area contributed by atoms with Crippen molar-refractivity contribution in [1.82, 2.24) is 0 Å². The highest BCUT2D eigenvalue weighted by molar-refractivity contribution is 7.80. The maximum atomic E-state index is 12.8. The van der Waals surface area contributed by atoms with E-state index in [0.717, 1.165) is 36.4 Å². The number of hydrogen-bond acceptors (Lipinski definition) is 2. The van der Waals surface area contributed by atoms with E-state index in [-0.39, 0.29) is 11.3 Å². The normalized spacial score (nSPS) is 17.4. The number of carbonyl (C=O) groups excluding carboxylic acids is 1. The Hall–Kier alpha value is -0.960. The van der Waals surface area contributed by atoms with Gasteiger partial charge < -0.3 is 4.90 Å². The first-order chi connectivity index (χ1) is 9.41. The molecule has 0 aromatic heterocycles. The summed E-state index contributed by atoms with van der Waals surface area (Å²) in [5.74, 6) is 1.03. The summed E-state index contributed by atoms with van der Waals surface area (Å²) in [5, 5.41) is 0. The first kappa shape index (κ1) is 15.4. The Morgan fingerprint density at radius 3 is 2.35 bits per heavy atom. The van der Waals surface area contributed by atoms with Crippen LogP contribution in [0.15, 0.2) is 24.3 Å². The first-order valence-electron chi connectivity index (χ1n) is 7.44. The largest absolute Gasteiger partial charge is 0.311 e. The van der Waals surface area contributed by atoms with E-state index in [9.17, 15) is 4.79 Å². The summed E-state index contributed by atoms with van der Waals surface area (Å²) in [6, 6.07) is 8.17. The van der Waals surface area contributed by atoms with Gasteiger partial charge in [-0.3, -0.25) is 4.79 Å². The molecule has 0 radical (unpaired) electrons. The van der Waals surface area contributed by atoms with Gasteiger partial charge in [0.25, 0.3) is 0 Å². The SMILES string of the molecule is CCC(CC)(CS)CN1C(=O)C(C)(C)c2ccccc21. The molecule has 0 bridgehead atoms. The molecule has 2 rings (SSSR count). The number of fused-ring (bicyclic) bond motifs is 1. The molecule has 1 aliphatic heterocycles. The van der Waals surface area contributed by atoms with Crippen LogP contribution in [0.25, 0.3) is 0 Å². The lowest BCUT2D eigenvalue weighted by Crippen LogP contribution is -2.44. The lowest BCUT2D eigenvalue weighted by atomic mass is 9.83. The Morgan fingerprint density at radius 2 is 1.80 bits per heavy atom. The molecule has 0 saturated heterocycles. The Morgan fingerprint density at radius 1 is 1.20 bits per heavy atom. The zero-order chi connectivity index (χ0) is 15.0. The highest BCUT2D eigenvalue weighted by Gasteiger charge is 2.45. The van der Waals surface area contributed by atoms with E-state index in [0.29, 0.717) is 0 Å². The average Bonchev–Trinajstić information content (AvgIpc) is 2.66. The zero-order valence-electron chi connectivity index (χ0n) is 12.9. The summed E-state index contributed by atoms with van der Waals surface area (Å²) >= 11 is 4.54. The number of amides is 1. The summed E-state index contributed by atoms with van der Waals surface area (Å²) in [6.45, 7) is 9.19. The number of benzene rings is 1. The maximum absolute atomic E-state index is 12.8. The number of anilines is 1. The molecule has 1 amide bonds. The van der Waals surface area contributed by atoms with Gasteiger partial charge in [0, 0.05) is 12.2 Å². The Bertz CT molecular complexity index is 497. The van der Waals surface area contributed by atoms with Crippen molar-refractivity contribution in [2.75, 3.05) is 17.2 Å². The second-order valence-electron chi connectivity index (χ2n) is 6.40. The lowest BCUT2D eigenvalue weighted by molar-refractivity contribution is -0.122. The minimum absolute atomic E-state index is 0.103. The third-order valence-electron chi connectivity index (χ3n) is 4.98. The fourth-order valence-electron chi connectivity index (χ4n) is 3.04. The fourth-order valence-corrected chi connectivity index (χ4v) is 3.59. The molecule has 0 fully saturated rings. The minimum atomic E-state index is -0.416. The third-order valence-corrected chi connectivity index (χ3v) is 5.65. The molecular weight excluding hydrogens is 266 g/mol. The smallest absolute Gasteiger partial charge is 0.237 e. The zero-order valence-corrected chi connectivity index (χ0v) is 13.8. The number of hydrogen-bond donors (Lipinski definition) is 1. The van der Waals surface area contributed by atoms with Gasteiger partial charge in [-0.05, 0) is 49.5 Å². The van der Waals surface area contributed by atoms with Gasteiger partial charge in [0.1, 0.15) is 0 Å². The molecule has 2 nitrogen and oxygen atoms in total. The summed E-state index contributed by atoms with van der Waals surface area (Å²) in [6.07, 6.45) is 2.08. The number of carbonyl (C=O) groups is 1. The van der Waals surface area contributed by atoms with Gasteiger partial charge in [-0.25, -0.2) is 0 Å². The van der Waals surface area contributed by atoms with Gasteiger partial charge >= 0.3 is 0 Å². The Labute approximate surface area is 128 Å². The van der Waals surface area contributed by atoms with Crippen LogP contribution in [0.5, 0.6) is 0 Å². The second-order valence-corrected chi connectivity index (χ2v) is 6.71. The number of para-hydroxylation sites is 1. The van der Waals surface area contributed by atoms with Crippen molar-refractivity contribution < 1.29 is 4.79 Å². The van der Waals surface area contributed by atoms with E-state index < -0.39 is 5.41 Å². The molecule has 0 atom stereocenters. The second kappa shape index (κ2) is 5.44. The average molecular weight is 291 g/mol. The summed E-state index contributed by atoms with van der Waals surface area (Å²) in [7, 11) is 0. The van der Waals surface area contributed by atoms with Gasteiger partial charge in [0.15, 0.2) is 0 Å². The highest BCUT2D eigenvalue weighted by atomic mass is 32.1. The van der Waals surface area contributed by atoms with Crippen LogP contribution in [0.1, 0.15) is 46.1 Å².